The van der Waals surface area contributed by atoms with E-state index in [4.69, 9.17) is 11.6 Å². The van der Waals surface area contributed by atoms with Crippen molar-refractivity contribution >= 4 is 57.8 Å². The zero-order valence-electron chi connectivity index (χ0n) is 18.7. The summed E-state index contributed by atoms with van der Waals surface area (Å²) in [5.41, 5.74) is 1.62. The third-order valence-electron chi connectivity index (χ3n) is 5.19. The second-order valence-electron chi connectivity index (χ2n) is 7.49. The van der Waals surface area contributed by atoms with Crippen molar-refractivity contribution in [2.45, 2.75) is 26.7 Å². The summed E-state index contributed by atoms with van der Waals surface area (Å²) >= 11 is 5.92. The average Bonchev–Trinajstić information content (AvgIpc) is 3.10. The van der Waals surface area contributed by atoms with Gasteiger partial charge in [-0.25, -0.2) is 0 Å². The lowest BCUT2D eigenvalue weighted by Gasteiger charge is -2.26. The summed E-state index contributed by atoms with van der Waals surface area (Å²) in [5, 5.41) is 21.8. The number of imide groups is 1. The third-order valence-corrected chi connectivity index (χ3v) is 5.49. The zero-order chi connectivity index (χ0) is 24.8. The fourth-order valence-electron chi connectivity index (χ4n) is 3.48. The Morgan fingerprint density at radius 2 is 1.88 bits per heavy atom. The Morgan fingerprint density at radius 3 is 2.47 bits per heavy atom. The van der Waals surface area contributed by atoms with Crippen LogP contribution in [0.2, 0.25) is 5.02 Å². The number of anilines is 2. The van der Waals surface area contributed by atoms with Gasteiger partial charge in [0, 0.05) is 51.2 Å². The number of hydrogen-bond acceptors (Lipinski definition) is 8. The number of nitro groups is 1. The number of azo groups is 1. The largest absolute Gasteiger partial charge is 0.370 e. The van der Waals surface area contributed by atoms with Gasteiger partial charge in [-0.15, -0.1) is 5.11 Å². The van der Waals surface area contributed by atoms with Crippen molar-refractivity contribution in [1.82, 2.24) is 4.90 Å². The third kappa shape index (κ3) is 5.93. The van der Waals surface area contributed by atoms with Gasteiger partial charge in [-0.1, -0.05) is 11.6 Å². The molecule has 3 rings (SSSR count). The molecule has 2 aromatic carbocycles. The lowest BCUT2D eigenvalue weighted by molar-refractivity contribution is -0.384. The van der Waals surface area contributed by atoms with Gasteiger partial charge in [-0.3, -0.25) is 29.4 Å². The molecular weight excluding hydrogens is 464 g/mol. The molecule has 12 heteroatoms. The van der Waals surface area contributed by atoms with Gasteiger partial charge in [0.1, 0.15) is 10.7 Å². The van der Waals surface area contributed by atoms with Gasteiger partial charge in [0.25, 0.3) is 5.69 Å². The zero-order valence-corrected chi connectivity index (χ0v) is 19.4. The van der Waals surface area contributed by atoms with E-state index in [0.717, 1.165) is 5.69 Å². The number of likely N-dealkylation sites (tertiary alicyclic amines) is 1. The molecule has 0 bridgehead atoms. The van der Waals surface area contributed by atoms with Crippen LogP contribution < -0.4 is 10.2 Å². The van der Waals surface area contributed by atoms with Crippen LogP contribution >= 0.6 is 11.6 Å². The minimum Gasteiger partial charge on any atom is -0.370 e. The van der Waals surface area contributed by atoms with Crippen molar-refractivity contribution in [3.05, 3.63) is 51.5 Å². The second kappa shape index (κ2) is 10.8. The van der Waals surface area contributed by atoms with Crippen molar-refractivity contribution in [3.63, 3.8) is 0 Å². The number of nitrogens with zero attached hydrogens (tertiary/aromatic N) is 5. The number of hydrogen-bond donors (Lipinski definition) is 1. The summed E-state index contributed by atoms with van der Waals surface area (Å²) < 4.78 is 0. The Kier molecular flexibility index (Phi) is 7.90. The maximum atomic E-state index is 11.9. The molecule has 1 fully saturated rings. The summed E-state index contributed by atoms with van der Waals surface area (Å²) in [5.74, 6) is -0.632. The fraction of sp³-hybridized carbons (Fsp3) is 0.318. The van der Waals surface area contributed by atoms with Crippen molar-refractivity contribution in [2.75, 3.05) is 29.9 Å². The van der Waals surface area contributed by atoms with Crippen LogP contribution in [0, 0.1) is 10.1 Å². The summed E-state index contributed by atoms with van der Waals surface area (Å²) in [6, 6.07) is 9.18. The first-order chi connectivity index (χ1) is 16.2. The van der Waals surface area contributed by atoms with E-state index >= 15 is 0 Å². The van der Waals surface area contributed by atoms with E-state index in [1.54, 1.807) is 18.2 Å². The molecule has 0 radical (unpaired) electrons. The molecule has 0 unspecified atom stereocenters. The molecule has 0 aromatic heterocycles. The Bertz CT molecular complexity index is 1150. The first kappa shape index (κ1) is 24.8. The molecule has 1 saturated heterocycles. The van der Waals surface area contributed by atoms with Crippen LogP contribution in [-0.4, -0.2) is 47.2 Å². The molecule has 0 saturated carbocycles. The maximum absolute atomic E-state index is 11.9. The summed E-state index contributed by atoms with van der Waals surface area (Å²) in [6.07, 6.45) is 0.495. The summed E-state index contributed by atoms with van der Waals surface area (Å²) in [7, 11) is 0. The van der Waals surface area contributed by atoms with Gasteiger partial charge >= 0.3 is 0 Å². The van der Waals surface area contributed by atoms with E-state index in [0.29, 0.717) is 30.2 Å². The molecule has 1 heterocycles. The molecule has 0 aliphatic carbocycles. The second-order valence-corrected chi connectivity index (χ2v) is 7.90. The van der Waals surface area contributed by atoms with E-state index in [-0.39, 0.29) is 47.8 Å². The topological polar surface area (TPSA) is 138 Å². The number of rotatable bonds is 9. The maximum Gasteiger partial charge on any atom is 0.288 e. The predicted molar refractivity (Wildman–Crippen MR) is 127 cm³/mol. The van der Waals surface area contributed by atoms with Crippen LogP contribution in [0.25, 0.3) is 0 Å². The number of nitro benzene ring substituents is 1. The van der Waals surface area contributed by atoms with Crippen molar-refractivity contribution in [2.24, 2.45) is 10.2 Å². The Morgan fingerprint density at radius 1 is 1.18 bits per heavy atom. The highest BCUT2D eigenvalue weighted by Crippen LogP contribution is 2.33. The SMILES string of the molecule is CCN(CCN1C(=O)CCC1=O)c1ccc(N=Nc2ccc([N+](=O)[O-])c(Cl)c2)c(NC(C)=O)c1. The van der Waals surface area contributed by atoms with Gasteiger partial charge in [-0.05, 0) is 37.3 Å². The lowest BCUT2D eigenvalue weighted by Crippen LogP contribution is -2.38. The number of halogens is 1. The molecule has 178 valence electrons. The number of carbonyl (C=O) groups excluding carboxylic acids is 3. The van der Waals surface area contributed by atoms with E-state index in [2.05, 4.69) is 15.5 Å². The molecular formula is C22H23ClN6O5. The highest BCUT2D eigenvalue weighted by Gasteiger charge is 2.28. The van der Waals surface area contributed by atoms with Gasteiger partial charge in [-0.2, -0.15) is 5.11 Å². The predicted octanol–water partition coefficient (Wildman–Crippen LogP) is 4.60. The first-order valence-corrected chi connectivity index (χ1v) is 10.9. The molecule has 1 aliphatic heterocycles. The minimum atomic E-state index is -0.591. The van der Waals surface area contributed by atoms with E-state index in [1.807, 2.05) is 11.8 Å². The Hall–Kier alpha value is -3.86. The number of nitrogens with one attached hydrogen (secondary N) is 1. The van der Waals surface area contributed by atoms with Crippen LogP contribution in [-0.2, 0) is 14.4 Å². The summed E-state index contributed by atoms with van der Waals surface area (Å²) in [6.45, 7) is 4.64. The van der Waals surface area contributed by atoms with Crippen LogP contribution in [0.4, 0.5) is 28.4 Å². The van der Waals surface area contributed by atoms with Crippen LogP contribution in [0.1, 0.15) is 26.7 Å². The highest BCUT2D eigenvalue weighted by atomic mass is 35.5. The van der Waals surface area contributed by atoms with E-state index in [1.165, 1.54) is 30.0 Å². The number of carbonyl (C=O) groups is 3. The minimum absolute atomic E-state index is 0.0626. The van der Waals surface area contributed by atoms with Crippen LogP contribution in [0.15, 0.2) is 46.6 Å². The molecule has 34 heavy (non-hydrogen) atoms. The first-order valence-electron chi connectivity index (χ1n) is 10.5. The number of amides is 3. The van der Waals surface area contributed by atoms with Gasteiger partial charge in [0.15, 0.2) is 0 Å². The molecule has 3 amide bonds. The van der Waals surface area contributed by atoms with Gasteiger partial charge in [0.05, 0.1) is 16.3 Å². The van der Waals surface area contributed by atoms with Crippen LogP contribution in [0.3, 0.4) is 0 Å². The lowest BCUT2D eigenvalue weighted by atomic mass is 10.2. The monoisotopic (exact) mass is 486 g/mol. The van der Waals surface area contributed by atoms with Gasteiger partial charge in [0.2, 0.25) is 17.7 Å². The highest BCUT2D eigenvalue weighted by molar-refractivity contribution is 6.32. The van der Waals surface area contributed by atoms with E-state index in [9.17, 15) is 24.5 Å². The van der Waals surface area contributed by atoms with Crippen LogP contribution in [0.5, 0.6) is 0 Å². The van der Waals surface area contributed by atoms with Crippen molar-refractivity contribution in [3.8, 4) is 0 Å². The van der Waals surface area contributed by atoms with Gasteiger partial charge < -0.3 is 10.2 Å². The fourth-order valence-corrected chi connectivity index (χ4v) is 3.72. The molecule has 1 aliphatic rings. The molecule has 11 nitrogen and oxygen atoms in total. The van der Waals surface area contributed by atoms with Crippen molar-refractivity contribution < 1.29 is 19.3 Å². The Labute approximate surface area is 200 Å². The molecule has 0 atom stereocenters. The smallest absolute Gasteiger partial charge is 0.288 e. The average molecular weight is 487 g/mol. The quantitative estimate of drug-likeness (QED) is 0.238. The number of likely N-dealkylation sites (N-methyl/N-ethyl adjacent to an activating group) is 1. The molecule has 2 aromatic rings. The number of benzene rings is 2. The van der Waals surface area contributed by atoms with Crippen molar-refractivity contribution in [1.29, 1.82) is 0 Å². The standard InChI is InChI=1S/C22H23ClN6O5/c1-3-27(10-11-28-21(31)8-9-22(28)32)16-5-6-18(19(13-16)24-14(2)30)26-25-15-4-7-20(29(33)34)17(23)12-15/h4-7,12-13H,3,8-11H2,1-2H3,(H,24,30). The normalized spacial score (nSPS) is 13.6. The Balaban J connectivity index is 1.82. The summed E-state index contributed by atoms with van der Waals surface area (Å²) in [4.78, 5) is 49.1. The molecule has 1 N–H and O–H groups in total. The van der Waals surface area contributed by atoms with E-state index < -0.39 is 4.92 Å². The molecule has 0 spiro atoms.